The number of benzene rings is 2. The van der Waals surface area contributed by atoms with Crippen LogP contribution in [0, 0.1) is 0 Å². The second-order valence-corrected chi connectivity index (χ2v) is 8.30. The van der Waals surface area contributed by atoms with E-state index in [2.05, 4.69) is 5.32 Å². The van der Waals surface area contributed by atoms with E-state index in [9.17, 15) is 18.0 Å². The summed E-state index contributed by atoms with van der Waals surface area (Å²) >= 11 is 1.50. The van der Waals surface area contributed by atoms with Crippen LogP contribution in [-0.4, -0.2) is 17.3 Å². The maximum absolute atomic E-state index is 13.0. The van der Waals surface area contributed by atoms with Gasteiger partial charge in [0.15, 0.2) is 11.5 Å². The molecule has 5 nitrogen and oxygen atoms in total. The molecule has 164 valence electrons. The molecule has 1 N–H and O–H groups in total. The highest BCUT2D eigenvalue weighted by Gasteiger charge is 2.30. The Hall–Kier alpha value is -3.46. The van der Waals surface area contributed by atoms with E-state index in [0.717, 1.165) is 27.9 Å². The van der Waals surface area contributed by atoms with Crippen LogP contribution < -0.4 is 14.8 Å². The molecule has 0 radical (unpaired) electrons. The van der Waals surface area contributed by atoms with Crippen molar-refractivity contribution in [2.24, 2.45) is 0 Å². The number of ether oxygens (including phenoxy) is 2. The molecule has 4 aromatic rings. The van der Waals surface area contributed by atoms with Crippen LogP contribution in [0.15, 0.2) is 60.0 Å². The number of amides is 1. The van der Waals surface area contributed by atoms with Crippen molar-refractivity contribution in [1.82, 2.24) is 9.88 Å². The molecule has 0 spiro atoms. The third-order valence-corrected chi connectivity index (χ3v) is 6.12. The van der Waals surface area contributed by atoms with Crippen LogP contribution in [0.25, 0.3) is 10.2 Å². The predicted molar refractivity (Wildman–Crippen MR) is 114 cm³/mol. The number of fused-ring (bicyclic) bond motifs is 2. The van der Waals surface area contributed by atoms with E-state index in [1.54, 1.807) is 12.1 Å². The largest absolute Gasteiger partial charge is 0.454 e. The molecule has 9 heteroatoms. The molecule has 1 amide bonds. The molecule has 3 heterocycles. The third-order valence-electron chi connectivity index (χ3n) is 5.27. The molecule has 2 aromatic heterocycles. The summed E-state index contributed by atoms with van der Waals surface area (Å²) < 4.78 is 52.0. The van der Waals surface area contributed by atoms with E-state index in [4.69, 9.17) is 9.47 Å². The van der Waals surface area contributed by atoms with Crippen LogP contribution >= 0.6 is 11.3 Å². The van der Waals surface area contributed by atoms with Crippen LogP contribution in [0.5, 0.6) is 11.5 Å². The van der Waals surface area contributed by atoms with Crippen molar-refractivity contribution >= 4 is 27.5 Å². The van der Waals surface area contributed by atoms with Gasteiger partial charge in [-0.15, -0.1) is 11.3 Å². The van der Waals surface area contributed by atoms with Crippen molar-refractivity contribution < 1.29 is 27.4 Å². The second kappa shape index (κ2) is 7.90. The number of hydrogen-bond donors (Lipinski definition) is 1. The average Bonchev–Trinajstić information content (AvgIpc) is 3.48. The molecule has 2 aromatic carbocycles. The van der Waals surface area contributed by atoms with Crippen molar-refractivity contribution in [2.75, 3.05) is 6.79 Å². The van der Waals surface area contributed by atoms with Crippen molar-refractivity contribution in [3.8, 4) is 11.5 Å². The van der Waals surface area contributed by atoms with Crippen LogP contribution in [0.4, 0.5) is 13.2 Å². The zero-order chi connectivity index (χ0) is 22.3. The molecule has 0 saturated carbocycles. The van der Waals surface area contributed by atoms with E-state index in [1.165, 1.54) is 23.5 Å². The number of rotatable bonds is 5. The Morgan fingerprint density at radius 3 is 2.53 bits per heavy atom. The Balaban J connectivity index is 1.36. The zero-order valence-electron chi connectivity index (χ0n) is 16.6. The van der Waals surface area contributed by atoms with Crippen molar-refractivity contribution in [3.05, 3.63) is 82.4 Å². The second-order valence-electron chi connectivity index (χ2n) is 7.35. The minimum atomic E-state index is -4.38. The minimum absolute atomic E-state index is 0.180. The van der Waals surface area contributed by atoms with Gasteiger partial charge < -0.3 is 19.4 Å². The van der Waals surface area contributed by atoms with Gasteiger partial charge in [0.2, 0.25) is 6.79 Å². The number of halogens is 3. The summed E-state index contributed by atoms with van der Waals surface area (Å²) in [4.78, 5) is 13.0. The Kier molecular flexibility index (Phi) is 5.05. The summed E-state index contributed by atoms with van der Waals surface area (Å²) in [5.74, 6) is 1.05. The van der Waals surface area contributed by atoms with E-state index < -0.39 is 11.7 Å². The molecule has 0 aliphatic carbocycles. The molecule has 5 rings (SSSR count). The number of nitrogens with zero attached hydrogens (tertiary/aromatic N) is 1. The van der Waals surface area contributed by atoms with Gasteiger partial charge in [-0.1, -0.05) is 18.2 Å². The first-order valence-corrected chi connectivity index (χ1v) is 10.7. The molecule has 0 unspecified atom stereocenters. The molecule has 1 aliphatic heterocycles. The van der Waals surface area contributed by atoms with Gasteiger partial charge in [0.05, 0.1) is 15.8 Å². The highest BCUT2D eigenvalue weighted by Crippen LogP contribution is 2.33. The third kappa shape index (κ3) is 3.91. The fourth-order valence-electron chi connectivity index (χ4n) is 3.64. The van der Waals surface area contributed by atoms with E-state index >= 15 is 0 Å². The summed E-state index contributed by atoms with van der Waals surface area (Å²) in [6, 6.07) is 14.2. The SMILES string of the molecule is O=C(NCc1ccc2c(c1)OCO2)c1cc2sccc2n1Cc1ccc(C(F)(F)F)cc1. The van der Waals surface area contributed by atoms with Crippen LogP contribution in [0.1, 0.15) is 27.2 Å². The normalized spacial score (nSPS) is 13.0. The smallest absolute Gasteiger partial charge is 0.416 e. The molecule has 0 atom stereocenters. The first-order valence-electron chi connectivity index (χ1n) is 9.78. The Labute approximate surface area is 185 Å². The standard InChI is InChI=1S/C23H17F3N2O3S/c24-23(25,26)16-4-1-14(2-5-16)12-28-17-7-8-32-21(17)10-18(28)22(29)27-11-15-3-6-19-20(9-15)31-13-30-19/h1-10H,11-13H2,(H,27,29). The first-order chi connectivity index (χ1) is 15.4. The molecule has 1 aliphatic rings. The summed E-state index contributed by atoms with van der Waals surface area (Å²) in [7, 11) is 0. The monoisotopic (exact) mass is 458 g/mol. The topological polar surface area (TPSA) is 52.5 Å². The van der Waals surface area contributed by atoms with Crippen LogP contribution in [-0.2, 0) is 19.3 Å². The number of aromatic nitrogens is 1. The fourth-order valence-corrected chi connectivity index (χ4v) is 4.46. The van der Waals surface area contributed by atoms with Gasteiger partial charge in [-0.2, -0.15) is 13.2 Å². The molecule has 0 saturated heterocycles. The summed E-state index contributed by atoms with van der Waals surface area (Å²) in [6.07, 6.45) is -4.38. The van der Waals surface area contributed by atoms with E-state index in [-0.39, 0.29) is 19.2 Å². The Morgan fingerprint density at radius 2 is 1.75 bits per heavy atom. The van der Waals surface area contributed by atoms with Gasteiger partial charge in [0.25, 0.3) is 5.91 Å². The van der Waals surface area contributed by atoms with Gasteiger partial charge in [-0.25, -0.2) is 0 Å². The summed E-state index contributed by atoms with van der Waals surface area (Å²) in [6.45, 7) is 0.763. The number of nitrogens with one attached hydrogen (secondary N) is 1. The fraction of sp³-hybridized carbons (Fsp3) is 0.174. The highest BCUT2D eigenvalue weighted by molar-refractivity contribution is 7.17. The lowest BCUT2D eigenvalue weighted by molar-refractivity contribution is -0.137. The minimum Gasteiger partial charge on any atom is -0.454 e. The van der Waals surface area contributed by atoms with Crippen LogP contribution in [0.2, 0.25) is 0 Å². The lowest BCUT2D eigenvalue weighted by Crippen LogP contribution is -2.25. The average molecular weight is 458 g/mol. The number of carbonyl (C=O) groups excluding carboxylic acids is 1. The molecular weight excluding hydrogens is 441 g/mol. The Morgan fingerprint density at radius 1 is 1.00 bits per heavy atom. The number of carbonyl (C=O) groups is 1. The van der Waals surface area contributed by atoms with Crippen molar-refractivity contribution in [1.29, 1.82) is 0 Å². The van der Waals surface area contributed by atoms with Crippen LogP contribution in [0.3, 0.4) is 0 Å². The number of hydrogen-bond acceptors (Lipinski definition) is 4. The first kappa shape index (κ1) is 20.4. The lowest BCUT2D eigenvalue weighted by atomic mass is 10.1. The lowest BCUT2D eigenvalue weighted by Gasteiger charge is -2.12. The van der Waals surface area contributed by atoms with Gasteiger partial charge in [-0.05, 0) is 52.9 Å². The number of alkyl halides is 3. The number of thiophene rings is 1. The molecule has 0 fully saturated rings. The maximum Gasteiger partial charge on any atom is 0.416 e. The van der Waals surface area contributed by atoms with E-state index in [0.29, 0.717) is 29.3 Å². The van der Waals surface area contributed by atoms with Gasteiger partial charge >= 0.3 is 6.18 Å². The van der Waals surface area contributed by atoms with Gasteiger partial charge in [0.1, 0.15) is 5.69 Å². The van der Waals surface area contributed by atoms with Gasteiger partial charge in [0, 0.05) is 13.1 Å². The zero-order valence-corrected chi connectivity index (χ0v) is 17.4. The van der Waals surface area contributed by atoms with Crippen molar-refractivity contribution in [2.45, 2.75) is 19.3 Å². The Bertz CT molecular complexity index is 1290. The quantitative estimate of drug-likeness (QED) is 0.434. The molecule has 0 bridgehead atoms. The highest BCUT2D eigenvalue weighted by atomic mass is 32.1. The maximum atomic E-state index is 13.0. The van der Waals surface area contributed by atoms with E-state index in [1.807, 2.05) is 28.1 Å². The van der Waals surface area contributed by atoms with Gasteiger partial charge in [-0.3, -0.25) is 4.79 Å². The summed E-state index contributed by atoms with van der Waals surface area (Å²) in [5.41, 5.74) is 2.16. The summed E-state index contributed by atoms with van der Waals surface area (Å²) in [5, 5.41) is 4.83. The van der Waals surface area contributed by atoms with Crippen molar-refractivity contribution in [3.63, 3.8) is 0 Å². The predicted octanol–water partition coefficient (Wildman–Crippen LogP) is 5.43. The molecular formula is C23H17F3N2O3S. The molecule has 32 heavy (non-hydrogen) atoms.